The second-order valence-electron chi connectivity index (χ2n) is 3.64. The predicted octanol–water partition coefficient (Wildman–Crippen LogP) is 0.398. The van der Waals surface area contributed by atoms with Crippen molar-refractivity contribution >= 4 is 5.97 Å². The number of nitrogens with zero attached hydrogens (tertiary/aromatic N) is 1. The third-order valence-corrected chi connectivity index (χ3v) is 2.62. The van der Waals surface area contributed by atoms with Crippen molar-refractivity contribution in [2.45, 2.75) is 24.9 Å². The molecule has 0 aliphatic carbocycles. The van der Waals surface area contributed by atoms with Gasteiger partial charge in [0.2, 0.25) is 0 Å². The summed E-state index contributed by atoms with van der Waals surface area (Å²) < 4.78 is 5.30. The van der Waals surface area contributed by atoms with Crippen LogP contribution < -0.4 is 0 Å². The van der Waals surface area contributed by atoms with Crippen LogP contribution in [-0.2, 0) is 9.53 Å². The number of rotatable bonds is 0. The normalized spacial score (nSPS) is 38.5. The zero-order valence-electron chi connectivity index (χ0n) is 6.80. The van der Waals surface area contributed by atoms with E-state index in [0.29, 0.717) is 6.42 Å². The number of likely N-dealkylation sites (tertiary alicyclic amines) is 1. The molecule has 3 heteroatoms. The molecule has 11 heavy (non-hydrogen) atoms. The Hall–Kier alpha value is -0.570. The molecule has 0 aromatic heterocycles. The average molecular weight is 155 g/mol. The molecule has 0 amide bonds. The fraction of sp³-hybridized carbons (Fsp3) is 0.875. The van der Waals surface area contributed by atoms with Gasteiger partial charge in [-0.1, -0.05) is 0 Å². The number of esters is 1. The summed E-state index contributed by atoms with van der Waals surface area (Å²) in [6.07, 6.45) is 2.57. The molecule has 62 valence electrons. The van der Waals surface area contributed by atoms with E-state index in [9.17, 15) is 4.79 Å². The van der Waals surface area contributed by atoms with Crippen LogP contribution in [0.3, 0.4) is 0 Å². The van der Waals surface area contributed by atoms with Crippen molar-refractivity contribution in [1.29, 1.82) is 0 Å². The van der Waals surface area contributed by atoms with E-state index < -0.39 is 0 Å². The van der Waals surface area contributed by atoms with E-state index in [1.807, 2.05) is 0 Å². The van der Waals surface area contributed by atoms with Gasteiger partial charge in [-0.05, 0) is 13.5 Å². The first-order valence-electron chi connectivity index (χ1n) is 4.11. The van der Waals surface area contributed by atoms with Gasteiger partial charge in [0.25, 0.3) is 0 Å². The lowest BCUT2D eigenvalue weighted by Crippen LogP contribution is -2.31. The molecular formula is C8H13NO2. The summed E-state index contributed by atoms with van der Waals surface area (Å²) in [6.45, 7) is 1.99. The molecule has 0 aromatic rings. The van der Waals surface area contributed by atoms with Gasteiger partial charge in [-0.3, -0.25) is 4.79 Å². The van der Waals surface area contributed by atoms with E-state index >= 15 is 0 Å². The Bertz CT molecular complexity index is 193. The van der Waals surface area contributed by atoms with E-state index in [0.717, 1.165) is 25.9 Å². The highest BCUT2D eigenvalue weighted by atomic mass is 16.6. The molecule has 2 aliphatic heterocycles. The van der Waals surface area contributed by atoms with Crippen LogP contribution in [0, 0.1) is 0 Å². The third kappa shape index (κ3) is 1.13. The van der Waals surface area contributed by atoms with Crippen molar-refractivity contribution in [3.63, 3.8) is 0 Å². The summed E-state index contributed by atoms with van der Waals surface area (Å²) in [5.41, 5.74) is -0.0914. The summed E-state index contributed by atoms with van der Waals surface area (Å²) in [6, 6.07) is 0. The molecule has 1 atom stereocenters. The van der Waals surface area contributed by atoms with Crippen LogP contribution in [0.4, 0.5) is 0 Å². The summed E-state index contributed by atoms with van der Waals surface area (Å²) in [7, 11) is 2.07. The molecular weight excluding hydrogens is 142 g/mol. The molecule has 0 radical (unpaired) electrons. The number of hydrogen-bond donors (Lipinski definition) is 0. The molecule has 0 N–H and O–H groups in total. The Balaban J connectivity index is 2.07. The standard InChI is InChI=1S/C8H13NO2/c1-9-5-4-8(6-9)3-2-7(10)11-8/h2-6H2,1H3. The van der Waals surface area contributed by atoms with Gasteiger partial charge in [0.1, 0.15) is 5.60 Å². The Morgan fingerprint density at radius 2 is 2.36 bits per heavy atom. The number of carbonyl (C=O) groups is 1. The Labute approximate surface area is 66.3 Å². The van der Waals surface area contributed by atoms with Gasteiger partial charge >= 0.3 is 5.97 Å². The number of likely N-dealkylation sites (N-methyl/N-ethyl adjacent to an activating group) is 1. The second kappa shape index (κ2) is 2.21. The summed E-state index contributed by atoms with van der Waals surface area (Å²) in [5.74, 6) is -0.0136. The molecule has 1 spiro atoms. The second-order valence-corrected chi connectivity index (χ2v) is 3.64. The maximum Gasteiger partial charge on any atom is 0.306 e. The molecule has 2 heterocycles. The molecule has 2 rings (SSSR count). The minimum atomic E-state index is -0.0914. The fourth-order valence-corrected chi connectivity index (χ4v) is 2.01. The first kappa shape index (κ1) is 7.10. The van der Waals surface area contributed by atoms with E-state index in [-0.39, 0.29) is 11.6 Å². The first-order valence-corrected chi connectivity index (χ1v) is 4.11. The van der Waals surface area contributed by atoms with Gasteiger partial charge < -0.3 is 9.64 Å². The summed E-state index contributed by atoms with van der Waals surface area (Å²) in [5, 5.41) is 0. The molecule has 2 fully saturated rings. The number of carbonyl (C=O) groups excluding carboxylic acids is 1. The van der Waals surface area contributed by atoms with E-state index in [2.05, 4.69) is 11.9 Å². The van der Waals surface area contributed by atoms with Gasteiger partial charge in [-0.2, -0.15) is 0 Å². The van der Waals surface area contributed by atoms with Crippen molar-refractivity contribution in [2.75, 3.05) is 20.1 Å². The molecule has 1 unspecified atom stereocenters. The Kier molecular flexibility index (Phi) is 1.42. The van der Waals surface area contributed by atoms with Crippen LogP contribution in [0.15, 0.2) is 0 Å². The van der Waals surface area contributed by atoms with Gasteiger partial charge in [0.15, 0.2) is 0 Å². The van der Waals surface area contributed by atoms with Crippen LogP contribution in [-0.4, -0.2) is 36.6 Å². The molecule has 2 aliphatic rings. The van der Waals surface area contributed by atoms with Crippen LogP contribution in [0.2, 0.25) is 0 Å². The third-order valence-electron chi connectivity index (χ3n) is 2.62. The van der Waals surface area contributed by atoms with Crippen molar-refractivity contribution in [3.8, 4) is 0 Å². The largest absolute Gasteiger partial charge is 0.458 e. The Morgan fingerprint density at radius 3 is 2.82 bits per heavy atom. The van der Waals surface area contributed by atoms with E-state index in [4.69, 9.17) is 4.74 Å². The van der Waals surface area contributed by atoms with Crippen molar-refractivity contribution in [1.82, 2.24) is 4.90 Å². The topological polar surface area (TPSA) is 29.5 Å². The van der Waals surface area contributed by atoms with Gasteiger partial charge in [0, 0.05) is 25.9 Å². The lowest BCUT2D eigenvalue weighted by molar-refractivity contribution is -0.147. The highest BCUT2D eigenvalue weighted by molar-refractivity contribution is 5.72. The fourth-order valence-electron chi connectivity index (χ4n) is 2.01. The minimum Gasteiger partial charge on any atom is -0.458 e. The molecule has 0 saturated carbocycles. The van der Waals surface area contributed by atoms with Gasteiger partial charge in [-0.15, -0.1) is 0 Å². The minimum absolute atomic E-state index is 0.0136. The molecule has 0 aromatic carbocycles. The SMILES string of the molecule is CN1CCC2(CCC(=O)O2)C1. The molecule has 0 bridgehead atoms. The maximum atomic E-state index is 10.9. The predicted molar refractivity (Wildman–Crippen MR) is 40.2 cm³/mol. The zero-order valence-corrected chi connectivity index (χ0v) is 6.80. The highest BCUT2D eigenvalue weighted by Gasteiger charge is 2.44. The van der Waals surface area contributed by atoms with E-state index in [1.54, 1.807) is 0 Å². The van der Waals surface area contributed by atoms with Gasteiger partial charge in [-0.25, -0.2) is 0 Å². The van der Waals surface area contributed by atoms with Crippen molar-refractivity contribution < 1.29 is 9.53 Å². The van der Waals surface area contributed by atoms with Crippen molar-refractivity contribution in [3.05, 3.63) is 0 Å². The lowest BCUT2D eigenvalue weighted by Gasteiger charge is -2.20. The van der Waals surface area contributed by atoms with Crippen LogP contribution in [0.25, 0.3) is 0 Å². The van der Waals surface area contributed by atoms with Crippen LogP contribution in [0.5, 0.6) is 0 Å². The maximum absolute atomic E-state index is 10.9. The first-order chi connectivity index (χ1) is 5.20. The van der Waals surface area contributed by atoms with Crippen molar-refractivity contribution in [2.24, 2.45) is 0 Å². The molecule has 2 saturated heterocycles. The smallest absolute Gasteiger partial charge is 0.306 e. The van der Waals surface area contributed by atoms with Crippen LogP contribution >= 0.6 is 0 Å². The molecule has 3 nitrogen and oxygen atoms in total. The Morgan fingerprint density at radius 1 is 1.55 bits per heavy atom. The zero-order chi connectivity index (χ0) is 7.90. The quantitative estimate of drug-likeness (QED) is 0.474. The lowest BCUT2D eigenvalue weighted by atomic mass is 10.00. The summed E-state index contributed by atoms with van der Waals surface area (Å²) >= 11 is 0. The highest BCUT2D eigenvalue weighted by Crippen LogP contribution is 2.34. The number of ether oxygens (including phenoxy) is 1. The average Bonchev–Trinajstić information content (AvgIpc) is 2.44. The number of hydrogen-bond acceptors (Lipinski definition) is 3. The summed E-state index contributed by atoms with van der Waals surface area (Å²) in [4.78, 5) is 13.1. The van der Waals surface area contributed by atoms with E-state index in [1.165, 1.54) is 0 Å². The monoisotopic (exact) mass is 155 g/mol. The van der Waals surface area contributed by atoms with Gasteiger partial charge in [0.05, 0.1) is 0 Å². The van der Waals surface area contributed by atoms with Crippen LogP contribution in [0.1, 0.15) is 19.3 Å².